The molecule has 2 aromatic carbocycles. The van der Waals surface area contributed by atoms with Gasteiger partial charge in [0.2, 0.25) is 0 Å². The van der Waals surface area contributed by atoms with Gasteiger partial charge in [0.15, 0.2) is 17.5 Å². The molecule has 0 radical (unpaired) electrons. The predicted octanol–water partition coefficient (Wildman–Crippen LogP) is 3.09. The van der Waals surface area contributed by atoms with Gasteiger partial charge in [0, 0.05) is 11.3 Å². The van der Waals surface area contributed by atoms with Crippen LogP contribution in [0.25, 0.3) is 0 Å². The van der Waals surface area contributed by atoms with Crippen LogP contribution < -0.4 is 15.4 Å². The Morgan fingerprint density at radius 2 is 1.88 bits per heavy atom. The SMILES string of the molecule is CC(=O)c1cccc(NC(=S)NC(=O)COc2ccccc2C)c1. The maximum absolute atomic E-state index is 11.9. The number of anilines is 1. The van der Waals surface area contributed by atoms with Gasteiger partial charge >= 0.3 is 0 Å². The second-order valence-corrected chi connectivity index (χ2v) is 5.60. The molecule has 0 bridgehead atoms. The van der Waals surface area contributed by atoms with Gasteiger partial charge in [0.05, 0.1) is 0 Å². The van der Waals surface area contributed by atoms with E-state index in [1.165, 1.54) is 6.92 Å². The number of carbonyl (C=O) groups is 2. The first kappa shape index (κ1) is 17.6. The van der Waals surface area contributed by atoms with Crippen LogP contribution in [0.3, 0.4) is 0 Å². The quantitative estimate of drug-likeness (QED) is 0.646. The van der Waals surface area contributed by atoms with E-state index in [1.54, 1.807) is 30.3 Å². The zero-order valence-electron chi connectivity index (χ0n) is 13.5. The minimum atomic E-state index is -0.363. The highest BCUT2D eigenvalue weighted by Crippen LogP contribution is 2.15. The van der Waals surface area contributed by atoms with Gasteiger partial charge in [-0.05, 0) is 49.8 Å². The van der Waals surface area contributed by atoms with E-state index in [1.807, 2.05) is 25.1 Å². The highest BCUT2D eigenvalue weighted by atomic mass is 32.1. The molecule has 0 saturated heterocycles. The molecule has 0 aliphatic rings. The van der Waals surface area contributed by atoms with E-state index >= 15 is 0 Å². The van der Waals surface area contributed by atoms with Gasteiger partial charge in [-0.25, -0.2) is 0 Å². The summed E-state index contributed by atoms with van der Waals surface area (Å²) in [6, 6.07) is 14.3. The van der Waals surface area contributed by atoms with Crippen molar-refractivity contribution in [3.8, 4) is 5.75 Å². The zero-order valence-corrected chi connectivity index (χ0v) is 14.3. The highest BCUT2D eigenvalue weighted by Gasteiger charge is 2.08. The van der Waals surface area contributed by atoms with Crippen molar-refractivity contribution in [2.75, 3.05) is 11.9 Å². The largest absolute Gasteiger partial charge is 0.483 e. The van der Waals surface area contributed by atoms with Crippen LogP contribution in [0.5, 0.6) is 5.75 Å². The molecule has 24 heavy (non-hydrogen) atoms. The second kappa shape index (κ2) is 8.21. The molecule has 0 fully saturated rings. The fraction of sp³-hybridized carbons (Fsp3) is 0.167. The molecular weight excluding hydrogens is 324 g/mol. The Kier molecular flexibility index (Phi) is 6.03. The maximum Gasteiger partial charge on any atom is 0.264 e. The minimum Gasteiger partial charge on any atom is -0.483 e. The van der Waals surface area contributed by atoms with Crippen LogP contribution in [0.1, 0.15) is 22.8 Å². The molecule has 0 spiro atoms. The molecule has 0 aliphatic heterocycles. The number of hydrogen-bond acceptors (Lipinski definition) is 4. The molecule has 1 amide bonds. The van der Waals surface area contributed by atoms with Crippen LogP contribution in [0.4, 0.5) is 5.69 Å². The van der Waals surface area contributed by atoms with E-state index in [4.69, 9.17) is 17.0 Å². The lowest BCUT2D eigenvalue weighted by atomic mass is 10.1. The number of para-hydroxylation sites is 1. The number of carbonyl (C=O) groups excluding carboxylic acids is 2. The van der Waals surface area contributed by atoms with Crippen LogP contribution in [0.15, 0.2) is 48.5 Å². The fourth-order valence-electron chi connectivity index (χ4n) is 2.00. The lowest BCUT2D eigenvalue weighted by Crippen LogP contribution is -2.37. The summed E-state index contributed by atoms with van der Waals surface area (Å²) >= 11 is 5.09. The molecule has 2 rings (SSSR count). The van der Waals surface area contributed by atoms with Gasteiger partial charge in [-0.1, -0.05) is 30.3 Å². The van der Waals surface area contributed by atoms with Crippen LogP contribution in [-0.4, -0.2) is 23.4 Å². The van der Waals surface area contributed by atoms with E-state index in [-0.39, 0.29) is 23.4 Å². The van der Waals surface area contributed by atoms with Gasteiger partial charge in [-0.15, -0.1) is 0 Å². The maximum atomic E-state index is 11.9. The molecule has 0 unspecified atom stereocenters. The van der Waals surface area contributed by atoms with Gasteiger partial charge in [-0.2, -0.15) is 0 Å². The van der Waals surface area contributed by atoms with Crippen molar-refractivity contribution in [1.82, 2.24) is 5.32 Å². The Balaban J connectivity index is 1.86. The summed E-state index contributed by atoms with van der Waals surface area (Å²) in [4.78, 5) is 23.2. The van der Waals surface area contributed by atoms with Crippen molar-refractivity contribution >= 4 is 34.7 Å². The summed E-state index contributed by atoms with van der Waals surface area (Å²) in [6.45, 7) is 3.25. The minimum absolute atomic E-state index is 0.0414. The Labute approximate surface area is 146 Å². The second-order valence-electron chi connectivity index (χ2n) is 5.19. The molecule has 0 atom stereocenters. The third-order valence-corrected chi connectivity index (χ3v) is 3.44. The molecule has 2 aromatic rings. The summed E-state index contributed by atoms with van der Waals surface area (Å²) in [5.74, 6) is 0.249. The van der Waals surface area contributed by atoms with Crippen molar-refractivity contribution in [3.63, 3.8) is 0 Å². The lowest BCUT2D eigenvalue weighted by molar-refractivity contribution is -0.121. The Bertz CT molecular complexity index is 774. The van der Waals surface area contributed by atoms with Crippen LogP contribution in [-0.2, 0) is 4.79 Å². The number of ketones is 1. The average molecular weight is 342 g/mol. The van der Waals surface area contributed by atoms with Gasteiger partial charge in [0.25, 0.3) is 5.91 Å². The summed E-state index contributed by atoms with van der Waals surface area (Å²) in [7, 11) is 0. The molecule has 0 heterocycles. The smallest absolute Gasteiger partial charge is 0.264 e. The predicted molar refractivity (Wildman–Crippen MR) is 97.5 cm³/mol. The highest BCUT2D eigenvalue weighted by molar-refractivity contribution is 7.80. The van der Waals surface area contributed by atoms with E-state index in [9.17, 15) is 9.59 Å². The normalized spacial score (nSPS) is 9.92. The Morgan fingerprint density at radius 1 is 1.12 bits per heavy atom. The van der Waals surface area contributed by atoms with E-state index in [2.05, 4.69) is 10.6 Å². The fourth-order valence-corrected chi connectivity index (χ4v) is 2.23. The van der Waals surface area contributed by atoms with Crippen LogP contribution in [0.2, 0.25) is 0 Å². The van der Waals surface area contributed by atoms with Crippen molar-refractivity contribution in [1.29, 1.82) is 0 Å². The molecule has 0 aliphatic carbocycles. The van der Waals surface area contributed by atoms with Crippen molar-refractivity contribution in [2.45, 2.75) is 13.8 Å². The number of ether oxygens (including phenoxy) is 1. The zero-order chi connectivity index (χ0) is 17.5. The van der Waals surface area contributed by atoms with E-state index in [0.29, 0.717) is 17.0 Å². The monoisotopic (exact) mass is 342 g/mol. The van der Waals surface area contributed by atoms with Gasteiger partial charge < -0.3 is 10.1 Å². The number of rotatable bonds is 5. The first-order chi connectivity index (χ1) is 11.5. The number of Topliss-reactive ketones (excluding diaryl/α,β-unsaturated/α-hetero) is 1. The number of hydrogen-bond donors (Lipinski definition) is 2. The lowest BCUT2D eigenvalue weighted by Gasteiger charge is -2.11. The first-order valence-corrected chi connectivity index (χ1v) is 7.77. The molecule has 2 N–H and O–H groups in total. The summed E-state index contributed by atoms with van der Waals surface area (Å²) in [6.07, 6.45) is 0. The summed E-state index contributed by atoms with van der Waals surface area (Å²) < 4.78 is 5.46. The van der Waals surface area contributed by atoms with Gasteiger partial charge in [0.1, 0.15) is 5.75 Å². The van der Waals surface area contributed by atoms with Gasteiger partial charge in [-0.3, -0.25) is 14.9 Å². The van der Waals surface area contributed by atoms with E-state index in [0.717, 1.165) is 5.56 Å². The Hall–Kier alpha value is -2.73. The molecule has 5 nitrogen and oxygen atoms in total. The molecule has 6 heteroatoms. The topological polar surface area (TPSA) is 67.4 Å². The molecule has 0 saturated carbocycles. The molecular formula is C18H18N2O3S. The van der Waals surface area contributed by atoms with E-state index < -0.39 is 0 Å². The third-order valence-electron chi connectivity index (χ3n) is 3.23. The number of amides is 1. The summed E-state index contributed by atoms with van der Waals surface area (Å²) in [5, 5.41) is 5.55. The first-order valence-electron chi connectivity index (χ1n) is 7.36. The summed E-state index contributed by atoms with van der Waals surface area (Å²) in [5.41, 5.74) is 2.15. The third kappa shape index (κ3) is 5.17. The average Bonchev–Trinajstić information content (AvgIpc) is 2.54. The standard InChI is InChI=1S/C18H18N2O3S/c1-12-6-3-4-9-16(12)23-11-17(22)20-18(24)19-15-8-5-7-14(10-15)13(2)21/h3-10H,11H2,1-2H3,(H2,19,20,22,24). The number of benzene rings is 2. The van der Waals surface area contributed by atoms with Crippen molar-refractivity contribution in [2.24, 2.45) is 0 Å². The number of thiocarbonyl (C=S) groups is 1. The Morgan fingerprint density at radius 3 is 2.58 bits per heavy atom. The number of nitrogens with one attached hydrogen (secondary N) is 2. The van der Waals surface area contributed by atoms with Crippen molar-refractivity contribution in [3.05, 3.63) is 59.7 Å². The van der Waals surface area contributed by atoms with Crippen molar-refractivity contribution < 1.29 is 14.3 Å². The van der Waals surface area contributed by atoms with Crippen LogP contribution >= 0.6 is 12.2 Å². The molecule has 124 valence electrons. The number of aryl methyl sites for hydroxylation is 1. The van der Waals surface area contributed by atoms with Crippen LogP contribution in [0, 0.1) is 6.92 Å². The molecule has 0 aromatic heterocycles.